The van der Waals surface area contributed by atoms with Crippen LogP contribution in [0.3, 0.4) is 0 Å². The molecule has 19 heavy (non-hydrogen) atoms. The molecule has 1 amide bonds. The Morgan fingerprint density at radius 1 is 1.26 bits per heavy atom. The first kappa shape index (κ1) is 13.5. The van der Waals surface area contributed by atoms with E-state index in [2.05, 4.69) is 10.3 Å². The molecule has 2 rings (SSSR count). The van der Waals surface area contributed by atoms with Crippen LogP contribution in [0, 0.1) is 0 Å². The Labute approximate surface area is 116 Å². The Bertz CT molecular complexity index is 543. The number of ether oxygens (including phenoxy) is 1. The normalized spacial score (nSPS) is 11.9. The number of nitrogens with zero attached hydrogens (tertiary/aromatic N) is 1. The van der Waals surface area contributed by atoms with Crippen molar-refractivity contribution in [3.63, 3.8) is 0 Å². The van der Waals surface area contributed by atoms with E-state index in [0.29, 0.717) is 10.8 Å². The minimum absolute atomic E-state index is 0.252. The number of benzene rings is 1. The fourth-order valence-electron chi connectivity index (χ4n) is 1.68. The molecule has 0 radical (unpaired) electrons. The lowest BCUT2D eigenvalue weighted by Gasteiger charge is -2.15. The fraction of sp³-hybridized carbons (Fsp3) is 0.143. The zero-order valence-electron chi connectivity index (χ0n) is 10.3. The van der Waals surface area contributed by atoms with E-state index in [0.717, 1.165) is 5.56 Å². The van der Waals surface area contributed by atoms with Gasteiger partial charge in [0.2, 0.25) is 0 Å². The number of methoxy groups -OCH3 is 1. The monoisotopic (exact) mass is 276 g/mol. The highest BCUT2D eigenvalue weighted by Crippen LogP contribution is 2.19. The van der Waals surface area contributed by atoms with Crippen LogP contribution < -0.4 is 5.32 Å². The molecule has 4 nitrogen and oxygen atoms in total. The van der Waals surface area contributed by atoms with Crippen molar-refractivity contribution in [1.29, 1.82) is 0 Å². The molecule has 1 heterocycles. The SMILES string of the molecule is CO[C@H](C(=O)Nc1ccc(Cl)nc1)c1ccccc1. The molecule has 0 aliphatic rings. The first-order valence-electron chi connectivity index (χ1n) is 5.71. The second kappa shape index (κ2) is 6.31. The molecule has 0 saturated heterocycles. The maximum absolute atomic E-state index is 12.1. The Morgan fingerprint density at radius 3 is 2.58 bits per heavy atom. The summed E-state index contributed by atoms with van der Waals surface area (Å²) >= 11 is 5.69. The Hall–Kier alpha value is -1.91. The Kier molecular flexibility index (Phi) is 4.49. The number of carbonyl (C=O) groups is 1. The van der Waals surface area contributed by atoms with Crippen LogP contribution in [0.2, 0.25) is 5.15 Å². The van der Waals surface area contributed by atoms with Crippen molar-refractivity contribution in [1.82, 2.24) is 4.98 Å². The molecule has 0 spiro atoms. The Morgan fingerprint density at radius 2 is 2.00 bits per heavy atom. The second-order valence-electron chi connectivity index (χ2n) is 3.89. The van der Waals surface area contributed by atoms with Crippen LogP contribution in [-0.2, 0) is 9.53 Å². The molecule has 0 bridgehead atoms. The summed E-state index contributed by atoms with van der Waals surface area (Å²) in [5.74, 6) is -0.252. The van der Waals surface area contributed by atoms with Crippen LogP contribution in [0.25, 0.3) is 0 Å². The quantitative estimate of drug-likeness (QED) is 0.873. The predicted octanol–water partition coefficient (Wildman–Crippen LogP) is 3.06. The van der Waals surface area contributed by atoms with Crippen LogP contribution in [0.4, 0.5) is 5.69 Å². The molecule has 0 aliphatic heterocycles. The summed E-state index contributed by atoms with van der Waals surface area (Å²) in [6.45, 7) is 0. The van der Waals surface area contributed by atoms with Crippen molar-refractivity contribution in [3.8, 4) is 0 Å². The van der Waals surface area contributed by atoms with Gasteiger partial charge in [0, 0.05) is 7.11 Å². The predicted molar refractivity (Wildman–Crippen MR) is 74.1 cm³/mol. The van der Waals surface area contributed by atoms with E-state index >= 15 is 0 Å². The summed E-state index contributed by atoms with van der Waals surface area (Å²) in [7, 11) is 1.50. The van der Waals surface area contributed by atoms with Gasteiger partial charge in [-0.15, -0.1) is 0 Å². The Balaban J connectivity index is 2.11. The molecule has 0 unspecified atom stereocenters. The van der Waals surface area contributed by atoms with E-state index < -0.39 is 6.10 Å². The molecule has 1 atom stereocenters. The third-order valence-corrected chi connectivity index (χ3v) is 2.79. The van der Waals surface area contributed by atoms with E-state index in [4.69, 9.17) is 16.3 Å². The number of halogens is 1. The van der Waals surface area contributed by atoms with Gasteiger partial charge < -0.3 is 10.1 Å². The van der Waals surface area contributed by atoms with Crippen molar-refractivity contribution < 1.29 is 9.53 Å². The average Bonchev–Trinajstić information content (AvgIpc) is 2.43. The number of amides is 1. The van der Waals surface area contributed by atoms with Crippen molar-refractivity contribution in [3.05, 3.63) is 59.4 Å². The number of hydrogen-bond donors (Lipinski definition) is 1. The van der Waals surface area contributed by atoms with E-state index in [9.17, 15) is 4.79 Å². The summed E-state index contributed by atoms with van der Waals surface area (Å²) in [4.78, 5) is 16.0. The van der Waals surface area contributed by atoms with Gasteiger partial charge in [-0.25, -0.2) is 4.98 Å². The highest BCUT2D eigenvalue weighted by molar-refractivity contribution is 6.29. The van der Waals surface area contributed by atoms with Gasteiger partial charge in [-0.05, 0) is 17.7 Å². The average molecular weight is 277 g/mol. The van der Waals surface area contributed by atoms with Gasteiger partial charge in [-0.3, -0.25) is 4.79 Å². The molecule has 1 aromatic heterocycles. The summed E-state index contributed by atoms with van der Waals surface area (Å²) in [6, 6.07) is 12.6. The lowest BCUT2D eigenvalue weighted by Crippen LogP contribution is -2.22. The zero-order chi connectivity index (χ0) is 13.7. The number of aromatic nitrogens is 1. The standard InChI is InChI=1S/C14H13ClN2O2/c1-19-13(10-5-3-2-4-6-10)14(18)17-11-7-8-12(15)16-9-11/h2-9,13H,1H3,(H,17,18)/t13-/m0/s1. The summed E-state index contributed by atoms with van der Waals surface area (Å²) in [5.41, 5.74) is 1.37. The van der Waals surface area contributed by atoms with Gasteiger partial charge in [-0.1, -0.05) is 41.9 Å². The number of anilines is 1. The van der Waals surface area contributed by atoms with Gasteiger partial charge in [-0.2, -0.15) is 0 Å². The number of nitrogens with one attached hydrogen (secondary N) is 1. The van der Waals surface area contributed by atoms with Crippen molar-refractivity contribution >= 4 is 23.2 Å². The van der Waals surface area contributed by atoms with Crippen molar-refractivity contribution in [2.75, 3.05) is 12.4 Å². The summed E-state index contributed by atoms with van der Waals surface area (Å²) in [6.07, 6.45) is 0.842. The summed E-state index contributed by atoms with van der Waals surface area (Å²) in [5, 5.41) is 3.11. The highest BCUT2D eigenvalue weighted by atomic mass is 35.5. The summed E-state index contributed by atoms with van der Waals surface area (Å²) < 4.78 is 5.24. The third kappa shape index (κ3) is 3.53. The number of hydrogen-bond acceptors (Lipinski definition) is 3. The molecule has 1 aromatic carbocycles. The van der Waals surface area contributed by atoms with Crippen LogP contribution in [0.15, 0.2) is 48.7 Å². The van der Waals surface area contributed by atoms with Crippen LogP contribution in [-0.4, -0.2) is 18.0 Å². The minimum Gasteiger partial charge on any atom is -0.367 e. The van der Waals surface area contributed by atoms with Crippen molar-refractivity contribution in [2.24, 2.45) is 0 Å². The molecule has 98 valence electrons. The van der Waals surface area contributed by atoms with E-state index in [1.807, 2.05) is 30.3 Å². The third-order valence-electron chi connectivity index (χ3n) is 2.57. The fourth-order valence-corrected chi connectivity index (χ4v) is 1.79. The molecular formula is C14H13ClN2O2. The second-order valence-corrected chi connectivity index (χ2v) is 4.27. The van der Waals surface area contributed by atoms with Crippen LogP contribution in [0.1, 0.15) is 11.7 Å². The van der Waals surface area contributed by atoms with Gasteiger partial charge in [0.25, 0.3) is 5.91 Å². The topological polar surface area (TPSA) is 51.2 Å². The first-order valence-corrected chi connectivity index (χ1v) is 6.08. The van der Waals surface area contributed by atoms with Gasteiger partial charge in [0.05, 0.1) is 11.9 Å². The molecule has 0 saturated carbocycles. The van der Waals surface area contributed by atoms with Gasteiger partial charge in [0.1, 0.15) is 5.15 Å². The van der Waals surface area contributed by atoms with Gasteiger partial charge in [0.15, 0.2) is 6.10 Å². The molecule has 1 N–H and O–H groups in total. The van der Waals surface area contributed by atoms with Crippen LogP contribution >= 0.6 is 11.6 Å². The molecular weight excluding hydrogens is 264 g/mol. The van der Waals surface area contributed by atoms with Crippen molar-refractivity contribution in [2.45, 2.75) is 6.10 Å². The molecule has 0 aliphatic carbocycles. The van der Waals surface area contributed by atoms with E-state index in [1.165, 1.54) is 13.3 Å². The maximum Gasteiger partial charge on any atom is 0.258 e. The lowest BCUT2D eigenvalue weighted by molar-refractivity contribution is -0.126. The highest BCUT2D eigenvalue weighted by Gasteiger charge is 2.19. The molecule has 5 heteroatoms. The zero-order valence-corrected chi connectivity index (χ0v) is 11.1. The number of pyridine rings is 1. The van der Waals surface area contributed by atoms with Gasteiger partial charge >= 0.3 is 0 Å². The number of carbonyl (C=O) groups excluding carboxylic acids is 1. The van der Waals surface area contributed by atoms with E-state index in [-0.39, 0.29) is 5.91 Å². The molecule has 0 fully saturated rings. The van der Waals surface area contributed by atoms with E-state index in [1.54, 1.807) is 12.1 Å². The largest absolute Gasteiger partial charge is 0.367 e. The molecule has 2 aromatic rings. The maximum atomic E-state index is 12.1. The number of rotatable bonds is 4. The smallest absolute Gasteiger partial charge is 0.258 e. The lowest BCUT2D eigenvalue weighted by atomic mass is 10.1. The first-order chi connectivity index (χ1) is 9.20. The minimum atomic E-state index is -0.656. The van der Waals surface area contributed by atoms with Crippen LogP contribution in [0.5, 0.6) is 0 Å².